The fraction of sp³-hybridized carbons (Fsp3) is 0.0556. The highest BCUT2D eigenvalue weighted by atomic mass is 35.5. The molecule has 0 aliphatic carbocycles. The summed E-state index contributed by atoms with van der Waals surface area (Å²) in [5.41, 5.74) is 5.76. The average Bonchev–Trinajstić information content (AvgIpc) is 2.72. The Kier molecular flexibility index (Phi) is 5.97. The highest BCUT2D eigenvalue weighted by Crippen LogP contribution is 2.28. The molecule has 3 rings (SSSR count). The SMILES string of the molecule is O=C(NNc1ncnc(NCc2ccc(Cl)cc2)c1[N+](=O)[O-])c1ccccc1. The lowest BCUT2D eigenvalue weighted by atomic mass is 10.2. The Bertz CT molecular complexity index is 982. The lowest BCUT2D eigenvalue weighted by molar-refractivity contribution is -0.383. The normalized spacial score (nSPS) is 10.2. The molecule has 0 spiro atoms. The molecule has 1 amide bonds. The maximum absolute atomic E-state index is 12.1. The van der Waals surface area contributed by atoms with Gasteiger partial charge in [0.2, 0.25) is 11.6 Å². The van der Waals surface area contributed by atoms with Crippen LogP contribution in [-0.4, -0.2) is 20.8 Å². The third-order valence-corrected chi connectivity index (χ3v) is 3.96. The number of nitro groups is 1. The Hall–Kier alpha value is -3.72. The predicted octanol–water partition coefficient (Wildman–Crippen LogP) is 3.41. The van der Waals surface area contributed by atoms with Crippen LogP contribution in [0.15, 0.2) is 60.9 Å². The monoisotopic (exact) mass is 398 g/mol. The van der Waals surface area contributed by atoms with Crippen molar-refractivity contribution < 1.29 is 9.72 Å². The van der Waals surface area contributed by atoms with Gasteiger partial charge in [0.05, 0.1) is 4.92 Å². The van der Waals surface area contributed by atoms with E-state index in [1.54, 1.807) is 54.6 Å². The van der Waals surface area contributed by atoms with Crippen LogP contribution < -0.4 is 16.2 Å². The molecule has 2 aromatic carbocycles. The molecule has 3 N–H and O–H groups in total. The molecular formula is C18H15ClN6O3. The van der Waals surface area contributed by atoms with Crippen molar-refractivity contribution in [2.24, 2.45) is 0 Å². The summed E-state index contributed by atoms with van der Waals surface area (Å²) in [4.78, 5) is 30.8. The minimum absolute atomic E-state index is 0.0198. The molecule has 0 radical (unpaired) electrons. The van der Waals surface area contributed by atoms with Gasteiger partial charge in [-0.25, -0.2) is 9.97 Å². The maximum atomic E-state index is 12.1. The zero-order valence-corrected chi connectivity index (χ0v) is 15.2. The average molecular weight is 399 g/mol. The van der Waals surface area contributed by atoms with Crippen LogP contribution in [0.4, 0.5) is 17.3 Å². The third-order valence-electron chi connectivity index (χ3n) is 3.71. The van der Waals surface area contributed by atoms with Gasteiger partial charge in [-0.2, -0.15) is 0 Å². The number of halogens is 1. The highest BCUT2D eigenvalue weighted by molar-refractivity contribution is 6.30. The first-order valence-electron chi connectivity index (χ1n) is 8.13. The molecule has 28 heavy (non-hydrogen) atoms. The number of hydrogen-bond donors (Lipinski definition) is 3. The molecule has 1 heterocycles. The van der Waals surface area contributed by atoms with Crippen molar-refractivity contribution in [3.05, 3.63) is 87.2 Å². The van der Waals surface area contributed by atoms with Gasteiger partial charge in [-0.15, -0.1) is 0 Å². The number of hydrazine groups is 1. The molecule has 0 aliphatic rings. The summed E-state index contributed by atoms with van der Waals surface area (Å²) in [5.74, 6) is -0.571. The van der Waals surface area contributed by atoms with Crippen molar-refractivity contribution in [3.63, 3.8) is 0 Å². The van der Waals surface area contributed by atoms with E-state index in [1.165, 1.54) is 0 Å². The van der Waals surface area contributed by atoms with E-state index in [0.717, 1.165) is 11.9 Å². The van der Waals surface area contributed by atoms with Crippen LogP contribution in [0.3, 0.4) is 0 Å². The van der Waals surface area contributed by atoms with Gasteiger partial charge in [0, 0.05) is 17.1 Å². The fourth-order valence-electron chi connectivity index (χ4n) is 2.34. The molecule has 3 aromatic rings. The Morgan fingerprint density at radius 2 is 1.71 bits per heavy atom. The standard InChI is InChI=1S/C18H15ClN6O3/c19-14-8-6-12(7-9-14)10-20-16-15(25(27)28)17(22-11-21-16)23-24-18(26)13-4-2-1-3-5-13/h1-9,11H,10H2,(H,24,26)(H2,20,21,22,23). The quantitative estimate of drug-likeness (QED) is 0.411. The molecule has 142 valence electrons. The topological polar surface area (TPSA) is 122 Å². The molecule has 0 unspecified atom stereocenters. The lowest BCUT2D eigenvalue weighted by Crippen LogP contribution is -2.30. The van der Waals surface area contributed by atoms with E-state index in [0.29, 0.717) is 17.1 Å². The van der Waals surface area contributed by atoms with E-state index >= 15 is 0 Å². The molecule has 0 atom stereocenters. The van der Waals surface area contributed by atoms with E-state index in [2.05, 4.69) is 26.1 Å². The van der Waals surface area contributed by atoms with Crippen molar-refractivity contribution in [1.82, 2.24) is 15.4 Å². The van der Waals surface area contributed by atoms with Gasteiger partial charge in [-0.05, 0) is 29.8 Å². The first-order valence-corrected chi connectivity index (χ1v) is 8.51. The number of hydrogen-bond acceptors (Lipinski definition) is 7. The largest absolute Gasteiger partial charge is 0.360 e. The number of nitrogens with one attached hydrogen (secondary N) is 3. The van der Waals surface area contributed by atoms with Crippen molar-refractivity contribution >= 4 is 34.8 Å². The summed E-state index contributed by atoms with van der Waals surface area (Å²) >= 11 is 5.85. The summed E-state index contributed by atoms with van der Waals surface area (Å²) < 4.78 is 0. The van der Waals surface area contributed by atoms with Crippen molar-refractivity contribution in [3.8, 4) is 0 Å². The minimum atomic E-state index is -0.624. The third kappa shape index (κ3) is 4.71. The molecule has 0 fully saturated rings. The second kappa shape index (κ2) is 8.78. The number of rotatable bonds is 7. The van der Waals surface area contributed by atoms with Gasteiger partial charge in [0.25, 0.3) is 5.91 Å². The Labute approximate surface area is 164 Å². The Morgan fingerprint density at radius 1 is 1.04 bits per heavy atom. The maximum Gasteiger partial charge on any atom is 0.354 e. The summed E-state index contributed by atoms with van der Waals surface area (Å²) in [7, 11) is 0. The van der Waals surface area contributed by atoms with Crippen molar-refractivity contribution in [1.29, 1.82) is 0 Å². The van der Waals surface area contributed by atoms with E-state index in [4.69, 9.17) is 11.6 Å². The second-order valence-corrected chi connectivity index (χ2v) is 6.04. The molecule has 9 nitrogen and oxygen atoms in total. The number of aromatic nitrogens is 2. The molecule has 0 saturated carbocycles. The van der Waals surface area contributed by atoms with Crippen LogP contribution in [0.2, 0.25) is 5.02 Å². The Morgan fingerprint density at radius 3 is 2.39 bits per heavy atom. The van der Waals surface area contributed by atoms with Gasteiger partial charge in [-0.3, -0.25) is 25.8 Å². The van der Waals surface area contributed by atoms with Gasteiger partial charge in [0.1, 0.15) is 6.33 Å². The molecule has 0 saturated heterocycles. The van der Waals surface area contributed by atoms with Crippen LogP contribution in [0, 0.1) is 10.1 Å². The number of nitrogens with zero attached hydrogens (tertiary/aromatic N) is 3. The van der Waals surface area contributed by atoms with Crippen molar-refractivity contribution in [2.45, 2.75) is 6.54 Å². The molecule has 10 heteroatoms. The van der Waals surface area contributed by atoms with Gasteiger partial charge < -0.3 is 5.32 Å². The first kappa shape index (κ1) is 19.1. The smallest absolute Gasteiger partial charge is 0.354 e. The minimum Gasteiger partial charge on any atom is -0.360 e. The summed E-state index contributed by atoms with van der Waals surface area (Å²) in [6, 6.07) is 15.5. The number of benzene rings is 2. The summed E-state index contributed by atoms with van der Waals surface area (Å²) in [5, 5.41) is 15.0. The van der Waals surface area contributed by atoms with Gasteiger partial charge >= 0.3 is 5.69 Å². The summed E-state index contributed by atoms with van der Waals surface area (Å²) in [6.07, 6.45) is 1.16. The Balaban J connectivity index is 1.74. The van der Waals surface area contributed by atoms with Crippen molar-refractivity contribution in [2.75, 3.05) is 10.7 Å². The zero-order chi connectivity index (χ0) is 19.9. The van der Waals surface area contributed by atoms with Crippen LogP contribution in [0.1, 0.15) is 15.9 Å². The first-order chi connectivity index (χ1) is 13.5. The van der Waals surface area contributed by atoms with E-state index in [-0.39, 0.29) is 17.3 Å². The number of amides is 1. The molecular weight excluding hydrogens is 384 g/mol. The fourth-order valence-corrected chi connectivity index (χ4v) is 2.46. The molecule has 1 aromatic heterocycles. The van der Waals surface area contributed by atoms with Gasteiger partial charge in [-0.1, -0.05) is 41.9 Å². The molecule has 0 bridgehead atoms. The number of carbonyl (C=O) groups excluding carboxylic acids is 1. The van der Waals surface area contributed by atoms with Crippen LogP contribution >= 0.6 is 11.6 Å². The summed E-state index contributed by atoms with van der Waals surface area (Å²) in [6.45, 7) is 0.296. The van der Waals surface area contributed by atoms with Crippen LogP contribution in [0.25, 0.3) is 0 Å². The highest BCUT2D eigenvalue weighted by Gasteiger charge is 2.23. The number of anilines is 2. The van der Waals surface area contributed by atoms with Crippen LogP contribution in [0.5, 0.6) is 0 Å². The van der Waals surface area contributed by atoms with E-state index in [1.807, 2.05) is 0 Å². The second-order valence-electron chi connectivity index (χ2n) is 5.60. The van der Waals surface area contributed by atoms with Gasteiger partial charge in [0.15, 0.2) is 0 Å². The molecule has 0 aliphatic heterocycles. The van der Waals surface area contributed by atoms with E-state index < -0.39 is 10.8 Å². The number of carbonyl (C=O) groups is 1. The van der Waals surface area contributed by atoms with E-state index in [9.17, 15) is 14.9 Å². The lowest BCUT2D eigenvalue weighted by Gasteiger charge is -2.11. The predicted molar refractivity (Wildman–Crippen MR) is 105 cm³/mol. The van der Waals surface area contributed by atoms with Crippen LogP contribution in [-0.2, 0) is 6.54 Å². The zero-order valence-electron chi connectivity index (χ0n) is 14.4.